The number of anilines is 1. The van der Waals surface area contributed by atoms with Crippen molar-refractivity contribution in [2.24, 2.45) is 5.92 Å². The zero-order valence-corrected chi connectivity index (χ0v) is 11.4. The first-order chi connectivity index (χ1) is 9.40. The summed E-state index contributed by atoms with van der Waals surface area (Å²) in [5.41, 5.74) is 1.03. The van der Waals surface area contributed by atoms with E-state index in [2.05, 4.69) is 0 Å². The number of nitrogens with zero attached hydrogens (tertiary/aromatic N) is 2. The number of hydrogen-bond donors (Lipinski definition) is 1. The van der Waals surface area contributed by atoms with E-state index >= 15 is 0 Å². The lowest BCUT2D eigenvalue weighted by molar-refractivity contribution is -0.141. The highest BCUT2D eigenvalue weighted by atomic mass is 16.4. The Labute approximate surface area is 116 Å². The van der Waals surface area contributed by atoms with Gasteiger partial charge in [-0.1, -0.05) is 6.07 Å². The number of carbonyl (C=O) groups is 3. The van der Waals surface area contributed by atoms with Gasteiger partial charge in [0.25, 0.3) is 5.91 Å². The molecular weight excluding hydrogens is 260 g/mol. The highest BCUT2D eigenvalue weighted by Crippen LogP contribution is 2.26. The van der Waals surface area contributed by atoms with E-state index in [1.54, 1.807) is 38.4 Å². The summed E-state index contributed by atoms with van der Waals surface area (Å²) in [6, 6.07) is 6.67. The van der Waals surface area contributed by atoms with E-state index in [0.29, 0.717) is 11.3 Å². The fourth-order valence-electron chi connectivity index (χ4n) is 2.19. The Hall–Kier alpha value is -2.37. The van der Waals surface area contributed by atoms with E-state index in [9.17, 15) is 14.4 Å². The smallest absolute Gasteiger partial charge is 0.308 e. The summed E-state index contributed by atoms with van der Waals surface area (Å²) >= 11 is 0. The van der Waals surface area contributed by atoms with E-state index < -0.39 is 11.9 Å². The van der Waals surface area contributed by atoms with Crippen LogP contribution in [0.15, 0.2) is 24.3 Å². The summed E-state index contributed by atoms with van der Waals surface area (Å²) in [6.07, 6.45) is 0.00118. The van der Waals surface area contributed by atoms with Crippen molar-refractivity contribution in [3.8, 4) is 0 Å². The Bertz CT molecular complexity index is 568. The minimum absolute atomic E-state index is 0.00118. The third-order valence-electron chi connectivity index (χ3n) is 3.29. The summed E-state index contributed by atoms with van der Waals surface area (Å²) in [4.78, 5) is 37.6. The normalized spacial score (nSPS) is 18.2. The van der Waals surface area contributed by atoms with Gasteiger partial charge in [0.15, 0.2) is 0 Å². The monoisotopic (exact) mass is 276 g/mol. The van der Waals surface area contributed by atoms with Gasteiger partial charge in [-0.3, -0.25) is 14.4 Å². The Morgan fingerprint density at radius 3 is 2.60 bits per heavy atom. The molecule has 0 spiro atoms. The van der Waals surface area contributed by atoms with Crippen LogP contribution in [0.3, 0.4) is 0 Å². The lowest BCUT2D eigenvalue weighted by Gasteiger charge is -2.18. The Kier molecular flexibility index (Phi) is 3.74. The van der Waals surface area contributed by atoms with Crippen LogP contribution in [0.2, 0.25) is 0 Å². The quantitative estimate of drug-likeness (QED) is 0.886. The molecule has 1 aliphatic heterocycles. The lowest BCUT2D eigenvalue weighted by Crippen LogP contribution is -2.26. The molecule has 0 radical (unpaired) electrons. The van der Waals surface area contributed by atoms with Gasteiger partial charge in [0.1, 0.15) is 0 Å². The number of aliphatic carboxylic acids is 1. The molecule has 2 amide bonds. The van der Waals surface area contributed by atoms with Crippen LogP contribution < -0.4 is 4.90 Å². The molecule has 1 unspecified atom stereocenters. The largest absolute Gasteiger partial charge is 0.481 e. The maximum Gasteiger partial charge on any atom is 0.308 e. The molecule has 1 aliphatic rings. The van der Waals surface area contributed by atoms with Crippen LogP contribution in [-0.2, 0) is 9.59 Å². The van der Waals surface area contributed by atoms with Gasteiger partial charge in [0.2, 0.25) is 5.91 Å². The minimum atomic E-state index is -0.971. The summed E-state index contributed by atoms with van der Waals surface area (Å²) < 4.78 is 0. The van der Waals surface area contributed by atoms with Gasteiger partial charge in [0, 0.05) is 38.3 Å². The number of carboxylic acid groups (broad SMARTS) is 1. The molecule has 0 saturated carbocycles. The average molecular weight is 276 g/mol. The molecule has 0 aliphatic carbocycles. The third-order valence-corrected chi connectivity index (χ3v) is 3.29. The van der Waals surface area contributed by atoms with Crippen LogP contribution in [0.5, 0.6) is 0 Å². The number of carbonyl (C=O) groups excluding carboxylic acids is 2. The van der Waals surface area contributed by atoms with Gasteiger partial charge in [-0.15, -0.1) is 0 Å². The molecule has 1 saturated heterocycles. The minimum Gasteiger partial charge on any atom is -0.481 e. The Morgan fingerprint density at radius 1 is 1.35 bits per heavy atom. The topological polar surface area (TPSA) is 77.9 Å². The predicted molar refractivity (Wildman–Crippen MR) is 72.6 cm³/mol. The maximum absolute atomic E-state index is 11.9. The maximum atomic E-state index is 11.9. The zero-order valence-electron chi connectivity index (χ0n) is 11.4. The Balaban J connectivity index is 2.26. The van der Waals surface area contributed by atoms with Gasteiger partial charge >= 0.3 is 5.97 Å². The van der Waals surface area contributed by atoms with Gasteiger partial charge < -0.3 is 14.9 Å². The van der Waals surface area contributed by atoms with E-state index in [-0.39, 0.29) is 24.8 Å². The van der Waals surface area contributed by atoms with Gasteiger partial charge in [-0.05, 0) is 18.2 Å². The number of carboxylic acids is 1. The molecule has 0 bridgehead atoms. The third kappa shape index (κ3) is 2.64. The number of benzene rings is 1. The first-order valence-electron chi connectivity index (χ1n) is 6.25. The molecule has 1 aromatic carbocycles. The SMILES string of the molecule is CN(C)C(=O)c1cccc(N2CC(C(=O)O)CC2=O)c1. The van der Waals surface area contributed by atoms with Crippen molar-refractivity contribution in [3.63, 3.8) is 0 Å². The second-order valence-electron chi connectivity index (χ2n) is 4.99. The van der Waals surface area contributed by atoms with Crippen LogP contribution in [0.1, 0.15) is 16.8 Å². The fourth-order valence-corrected chi connectivity index (χ4v) is 2.19. The van der Waals surface area contributed by atoms with Crippen LogP contribution in [0.4, 0.5) is 5.69 Å². The molecule has 1 fully saturated rings. The van der Waals surface area contributed by atoms with Crippen molar-refractivity contribution >= 4 is 23.5 Å². The van der Waals surface area contributed by atoms with E-state index in [4.69, 9.17) is 5.11 Å². The summed E-state index contributed by atoms with van der Waals surface area (Å²) in [5, 5.41) is 8.97. The molecule has 1 aromatic rings. The van der Waals surface area contributed by atoms with Gasteiger partial charge in [-0.25, -0.2) is 0 Å². The number of amides is 2. The number of rotatable bonds is 3. The van der Waals surface area contributed by atoms with Crippen LogP contribution >= 0.6 is 0 Å². The predicted octanol–water partition coefficient (Wildman–Crippen LogP) is 0.826. The zero-order chi connectivity index (χ0) is 14.9. The highest BCUT2D eigenvalue weighted by molar-refractivity contribution is 6.01. The van der Waals surface area contributed by atoms with Gasteiger partial charge in [0.05, 0.1) is 5.92 Å². The van der Waals surface area contributed by atoms with E-state index in [0.717, 1.165) is 0 Å². The molecule has 1 heterocycles. The molecular formula is C14H16N2O4. The van der Waals surface area contributed by atoms with Crippen LogP contribution in [0, 0.1) is 5.92 Å². The fraction of sp³-hybridized carbons (Fsp3) is 0.357. The Morgan fingerprint density at radius 2 is 2.05 bits per heavy atom. The van der Waals surface area contributed by atoms with Crippen molar-refractivity contribution in [2.75, 3.05) is 25.5 Å². The average Bonchev–Trinajstić information content (AvgIpc) is 2.80. The molecule has 6 nitrogen and oxygen atoms in total. The van der Waals surface area contributed by atoms with Crippen molar-refractivity contribution in [3.05, 3.63) is 29.8 Å². The molecule has 6 heteroatoms. The lowest BCUT2D eigenvalue weighted by atomic mass is 10.1. The second-order valence-corrected chi connectivity index (χ2v) is 4.99. The molecule has 20 heavy (non-hydrogen) atoms. The molecule has 0 aromatic heterocycles. The van der Waals surface area contributed by atoms with Crippen molar-refractivity contribution in [1.82, 2.24) is 4.90 Å². The second kappa shape index (κ2) is 5.32. The highest BCUT2D eigenvalue weighted by Gasteiger charge is 2.35. The summed E-state index contributed by atoms with van der Waals surface area (Å²) in [5.74, 6) is -2.04. The first kappa shape index (κ1) is 14.0. The van der Waals surface area contributed by atoms with Crippen molar-refractivity contribution in [1.29, 1.82) is 0 Å². The van der Waals surface area contributed by atoms with Gasteiger partial charge in [-0.2, -0.15) is 0 Å². The first-order valence-corrected chi connectivity index (χ1v) is 6.25. The molecule has 106 valence electrons. The number of hydrogen-bond acceptors (Lipinski definition) is 3. The molecule has 2 rings (SSSR count). The van der Waals surface area contributed by atoms with Crippen molar-refractivity contribution in [2.45, 2.75) is 6.42 Å². The molecule has 1 atom stereocenters. The van der Waals surface area contributed by atoms with Crippen LogP contribution in [0.25, 0.3) is 0 Å². The van der Waals surface area contributed by atoms with E-state index in [1.807, 2.05) is 0 Å². The molecule has 1 N–H and O–H groups in total. The summed E-state index contributed by atoms with van der Waals surface area (Å²) in [6.45, 7) is 0.147. The summed E-state index contributed by atoms with van der Waals surface area (Å²) in [7, 11) is 3.30. The van der Waals surface area contributed by atoms with Crippen LogP contribution in [-0.4, -0.2) is 48.4 Å². The van der Waals surface area contributed by atoms with Crippen molar-refractivity contribution < 1.29 is 19.5 Å². The van der Waals surface area contributed by atoms with E-state index in [1.165, 1.54) is 9.80 Å². The standard InChI is InChI=1S/C14H16N2O4/c1-15(2)13(18)9-4-3-5-11(6-9)16-8-10(14(19)20)7-12(16)17/h3-6,10H,7-8H2,1-2H3,(H,19,20).